The number of nitrogens with one attached hydrogen (secondary N) is 1. The van der Waals surface area contributed by atoms with E-state index < -0.39 is 0 Å². The average molecular weight is 213 g/mol. The number of rotatable bonds is 6. The molecule has 0 amide bonds. The van der Waals surface area contributed by atoms with Gasteiger partial charge < -0.3 is 5.32 Å². The van der Waals surface area contributed by atoms with Crippen molar-refractivity contribution in [1.29, 1.82) is 0 Å². The van der Waals surface area contributed by atoms with E-state index in [2.05, 4.69) is 17.9 Å². The summed E-state index contributed by atoms with van der Waals surface area (Å²) in [6.07, 6.45) is 1.81. The lowest BCUT2D eigenvalue weighted by atomic mass is 10.1. The fourth-order valence-corrected chi connectivity index (χ4v) is 1.41. The maximum atomic E-state index is 13.1. The Morgan fingerprint density at radius 1 is 1.21 bits per heavy atom. The molecule has 0 atom stereocenters. The highest BCUT2D eigenvalue weighted by molar-refractivity contribution is 7.80. The van der Waals surface area contributed by atoms with Gasteiger partial charge in [-0.2, -0.15) is 12.6 Å². The Bertz CT molecular complexity index is 265. The van der Waals surface area contributed by atoms with Gasteiger partial charge in [-0.25, -0.2) is 4.39 Å². The van der Waals surface area contributed by atoms with Gasteiger partial charge in [0.2, 0.25) is 0 Å². The summed E-state index contributed by atoms with van der Waals surface area (Å²) in [5.74, 6) is 0.788. The summed E-state index contributed by atoms with van der Waals surface area (Å²) < 4.78 is 13.1. The second-order valence-corrected chi connectivity index (χ2v) is 3.62. The molecule has 3 heteroatoms. The first-order chi connectivity index (χ1) is 6.84. The minimum absolute atomic E-state index is 0.108. The van der Waals surface area contributed by atoms with Crippen molar-refractivity contribution in [2.24, 2.45) is 0 Å². The molecule has 1 aromatic carbocycles. The number of halogens is 1. The van der Waals surface area contributed by atoms with Crippen molar-refractivity contribution in [3.05, 3.63) is 35.6 Å². The van der Waals surface area contributed by atoms with Crippen molar-refractivity contribution in [2.45, 2.75) is 12.8 Å². The van der Waals surface area contributed by atoms with Gasteiger partial charge in [0.1, 0.15) is 5.82 Å². The monoisotopic (exact) mass is 213 g/mol. The third-order valence-electron chi connectivity index (χ3n) is 2.04. The number of hydrogen-bond donors (Lipinski definition) is 2. The van der Waals surface area contributed by atoms with Crippen LogP contribution in [0.25, 0.3) is 0 Å². The lowest BCUT2D eigenvalue weighted by Gasteiger charge is -2.04. The molecule has 0 saturated heterocycles. The van der Waals surface area contributed by atoms with Crippen LogP contribution in [-0.2, 0) is 6.42 Å². The molecular weight excluding hydrogens is 197 g/mol. The molecule has 1 aromatic rings. The standard InChI is InChI=1S/C11H16FNS/c12-11-5-2-1-4-10(11)6-8-13-7-3-9-14/h1-2,4-5,13-14H,3,6-9H2. The first kappa shape index (κ1) is 11.5. The third kappa shape index (κ3) is 4.11. The first-order valence-corrected chi connectivity index (χ1v) is 5.53. The zero-order valence-electron chi connectivity index (χ0n) is 8.17. The quantitative estimate of drug-likeness (QED) is 0.546. The minimum Gasteiger partial charge on any atom is -0.316 e. The Morgan fingerprint density at radius 2 is 2.00 bits per heavy atom. The van der Waals surface area contributed by atoms with Gasteiger partial charge in [0, 0.05) is 0 Å². The smallest absolute Gasteiger partial charge is 0.126 e. The second-order valence-electron chi connectivity index (χ2n) is 3.17. The fourth-order valence-electron chi connectivity index (χ4n) is 1.25. The van der Waals surface area contributed by atoms with Crippen LogP contribution in [0.3, 0.4) is 0 Å². The molecule has 0 aliphatic heterocycles. The van der Waals surface area contributed by atoms with E-state index in [1.165, 1.54) is 6.07 Å². The number of thiol groups is 1. The van der Waals surface area contributed by atoms with Crippen LogP contribution < -0.4 is 5.32 Å². The predicted molar refractivity (Wildman–Crippen MR) is 61.4 cm³/mol. The Morgan fingerprint density at radius 3 is 2.71 bits per heavy atom. The summed E-state index contributed by atoms with van der Waals surface area (Å²) in [7, 11) is 0. The SMILES string of the molecule is Fc1ccccc1CCNCCCS. The molecule has 14 heavy (non-hydrogen) atoms. The van der Waals surface area contributed by atoms with E-state index in [4.69, 9.17) is 0 Å². The molecule has 0 aromatic heterocycles. The number of hydrogen-bond acceptors (Lipinski definition) is 2. The molecule has 78 valence electrons. The normalized spacial score (nSPS) is 10.4. The maximum absolute atomic E-state index is 13.1. The molecule has 0 aliphatic carbocycles. The molecular formula is C11H16FNS. The molecule has 1 rings (SSSR count). The van der Waals surface area contributed by atoms with Crippen LogP contribution in [0.2, 0.25) is 0 Å². The van der Waals surface area contributed by atoms with Gasteiger partial charge >= 0.3 is 0 Å². The van der Waals surface area contributed by atoms with Crippen molar-refractivity contribution in [3.63, 3.8) is 0 Å². The molecule has 0 fully saturated rings. The Balaban J connectivity index is 2.21. The summed E-state index contributed by atoms with van der Waals surface area (Å²) in [5, 5.41) is 3.25. The lowest BCUT2D eigenvalue weighted by Crippen LogP contribution is -2.19. The molecule has 1 N–H and O–H groups in total. The largest absolute Gasteiger partial charge is 0.316 e. The fraction of sp³-hybridized carbons (Fsp3) is 0.455. The zero-order valence-corrected chi connectivity index (χ0v) is 9.06. The van der Waals surface area contributed by atoms with Crippen LogP contribution in [-0.4, -0.2) is 18.8 Å². The molecule has 0 spiro atoms. The second kappa shape index (κ2) is 6.85. The van der Waals surface area contributed by atoms with Gasteiger partial charge in [-0.3, -0.25) is 0 Å². The molecule has 0 heterocycles. The van der Waals surface area contributed by atoms with E-state index in [1.807, 2.05) is 12.1 Å². The Labute approximate surface area is 90.1 Å². The van der Waals surface area contributed by atoms with Crippen molar-refractivity contribution >= 4 is 12.6 Å². The maximum Gasteiger partial charge on any atom is 0.126 e. The van der Waals surface area contributed by atoms with Crippen LogP contribution in [0.1, 0.15) is 12.0 Å². The molecule has 0 aliphatic rings. The summed E-state index contributed by atoms with van der Waals surface area (Å²) in [6, 6.07) is 6.91. The third-order valence-corrected chi connectivity index (χ3v) is 2.36. The summed E-state index contributed by atoms with van der Waals surface area (Å²) >= 11 is 4.11. The Hall–Kier alpha value is -0.540. The van der Waals surface area contributed by atoms with Gasteiger partial charge in [0.15, 0.2) is 0 Å². The number of benzene rings is 1. The van der Waals surface area contributed by atoms with Crippen molar-refractivity contribution < 1.29 is 4.39 Å². The van der Waals surface area contributed by atoms with Crippen LogP contribution in [0, 0.1) is 5.82 Å². The highest BCUT2D eigenvalue weighted by Crippen LogP contribution is 2.05. The van der Waals surface area contributed by atoms with Crippen LogP contribution in [0.5, 0.6) is 0 Å². The molecule has 1 nitrogen and oxygen atoms in total. The van der Waals surface area contributed by atoms with E-state index in [1.54, 1.807) is 6.07 Å². The van der Waals surface area contributed by atoms with E-state index >= 15 is 0 Å². The van der Waals surface area contributed by atoms with E-state index in [9.17, 15) is 4.39 Å². The molecule has 0 bridgehead atoms. The molecule has 0 saturated carbocycles. The highest BCUT2D eigenvalue weighted by Gasteiger charge is 1.98. The highest BCUT2D eigenvalue weighted by atomic mass is 32.1. The van der Waals surface area contributed by atoms with Gasteiger partial charge in [0.05, 0.1) is 0 Å². The molecule has 0 radical (unpaired) electrons. The summed E-state index contributed by atoms with van der Waals surface area (Å²) in [5.41, 5.74) is 0.783. The van der Waals surface area contributed by atoms with Gasteiger partial charge in [0.25, 0.3) is 0 Å². The van der Waals surface area contributed by atoms with E-state index in [0.29, 0.717) is 0 Å². The predicted octanol–water partition coefficient (Wildman–Crippen LogP) is 2.28. The molecule has 0 unspecified atom stereocenters. The lowest BCUT2D eigenvalue weighted by molar-refractivity contribution is 0.597. The van der Waals surface area contributed by atoms with Crippen molar-refractivity contribution in [2.75, 3.05) is 18.8 Å². The van der Waals surface area contributed by atoms with Crippen molar-refractivity contribution in [3.8, 4) is 0 Å². The van der Waals surface area contributed by atoms with Crippen LogP contribution >= 0.6 is 12.6 Å². The van der Waals surface area contributed by atoms with Crippen molar-refractivity contribution in [1.82, 2.24) is 5.32 Å². The average Bonchev–Trinajstić information content (AvgIpc) is 2.20. The van der Waals surface area contributed by atoms with Crippen LogP contribution in [0.4, 0.5) is 4.39 Å². The Kier molecular flexibility index (Phi) is 5.64. The topological polar surface area (TPSA) is 12.0 Å². The summed E-state index contributed by atoms with van der Waals surface area (Å²) in [4.78, 5) is 0. The summed E-state index contributed by atoms with van der Waals surface area (Å²) in [6.45, 7) is 1.78. The van der Waals surface area contributed by atoms with Gasteiger partial charge in [-0.1, -0.05) is 18.2 Å². The first-order valence-electron chi connectivity index (χ1n) is 4.89. The zero-order chi connectivity index (χ0) is 10.2. The van der Waals surface area contributed by atoms with Crippen LogP contribution in [0.15, 0.2) is 24.3 Å². The van der Waals surface area contributed by atoms with E-state index in [-0.39, 0.29) is 5.82 Å². The van der Waals surface area contributed by atoms with Gasteiger partial charge in [-0.05, 0) is 43.3 Å². The van der Waals surface area contributed by atoms with E-state index in [0.717, 1.165) is 37.2 Å². The van der Waals surface area contributed by atoms with Gasteiger partial charge in [-0.15, -0.1) is 0 Å². The minimum atomic E-state index is -0.108.